The number of amides is 3. The van der Waals surface area contributed by atoms with Crippen molar-refractivity contribution in [3.8, 4) is 5.75 Å². The summed E-state index contributed by atoms with van der Waals surface area (Å²) in [6.45, 7) is 4.40. The van der Waals surface area contributed by atoms with Gasteiger partial charge in [-0.3, -0.25) is 9.69 Å². The summed E-state index contributed by atoms with van der Waals surface area (Å²) in [7, 11) is 0. The lowest BCUT2D eigenvalue weighted by atomic mass is 9.82. The van der Waals surface area contributed by atoms with Crippen molar-refractivity contribution in [2.24, 2.45) is 0 Å². The Hall–Kier alpha value is -3.60. The molecule has 1 N–H and O–H groups in total. The molecule has 0 aliphatic carbocycles. The third-order valence-corrected chi connectivity index (χ3v) is 5.30. The second-order valence-electron chi connectivity index (χ2n) is 7.54. The molecule has 1 fully saturated rings. The number of nitrogens with zero attached hydrogens (tertiary/aromatic N) is 1. The van der Waals surface area contributed by atoms with Crippen LogP contribution in [0.4, 0.5) is 4.79 Å². The van der Waals surface area contributed by atoms with E-state index in [0.717, 1.165) is 28.0 Å². The maximum Gasteiger partial charge on any atom is 0.325 e. The molecule has 1 aliphatic rings. The largest absolute Gasteiger partial charge is 0.492 e. The first-order valence-electron chi connectivity index (χ1n) is 9.97. The highest BCUT2D eigenvalue weighted by Gasteiger charge is 2.53. The summed E-state index contributed by atoms with van der Waals surface area (Å²) in [5.74, 6) is 0.436. The Bertz CT molecular complexity index is 1000. The molecule has 0 atom stereocenters. The second-order valence-corrected chi connectivity index (χ2v) is 7.54. The van der Waals surface area contributed by atoms with E-state index in [4.69, 9.17) is 4.74 Å². The number of hydrogen-bond acceptors (Lipinski definition) is 3. The van der Waals surface area contributed by atoms with Crippen molar-refractivity contribution in [1.82, 2.24) is 10.2 Å². The van der Waals surface area contributed by atoms with Crippen molar-refractivity contribution in [1.29, 1.82) is 0 Å². The maximum atomic E-state index is 13.6. The average Bonchev–Trinajstić information content (AvgIpc) is 3.00. The van der Waals surface area contributed by atoms with Crippen molar-refractivity contribution < 1.29 is 14.3 Å². The normalized spacial score (nSPS) is 15.2. The molecule has 152 valence electrons. The number of benzene rings is 3. The van der Waals surface area contributed by atoms with Gasteiger partial charge in [0, 0.05) is 0 Å². The van der Waals surface area contributed by atoms with Gasteiger partial charge < -0.3 is 10.1 Å². The molecule has 5 heteroatoms. The van der Waals surface area contributed by atoms with Crippen molar-refractivity contribution in [3.63, 3.8) is 0 Å². The molecule has 1 saturated heterocycles. The van der Waals surface area contributed by atoms with Gasteiger partial charge >= 0.3 is 6.03 Å². The van der Waals surface area contributed by atoms with E-state index in [9.17, 15) is 9.59 Å². The Kier molecular flexibility index (Phi) is 5.27. The van der Waals surface area contributed by atoms with Crippen LogP contribution in [-0.4, -0.2) is 30.0 Å². The fourth-order valence-electron chi connectivity index (χ4n) is 3.98. The summed E-state index contributed by atoms with van der Waals surface area (Å²) in [6, 6.07) is 24.2. The number of nitrogens with one attached hydrogen (secondary N) is 1. The SMILES string of the molecule is Cc1cc(C)cc(OCCN2C(=O)NC(c3ccccc3)(c3ccccc3)C2=O)c1. The zero-order valence-corrected chi connectivity index (χ0v) is 17.1. The Balaban J connectivity index is 1.59. The van der Waals surface area contributed by atoms with Crippen LogP contribution in [0.1, 0.15) is 22.3 Å². The van der Waals surface area contributed by atoms with Gasteiger partial charge in [0.15, 0.2) is 5.54 Å². The van der Waals surface area contributed by atoms with Crippen LogP contribution in [0.15, 0.2) is 78.9 Å². The third-order valence-electron chi connectivity index (χ3n) is 5.30. The molecule has 30 heavy (non-hydrogen) atoms. The number of imide groups is 1. The smallest absolute Gasteiger partial charge is 0.325 e. The van der Waals surface area contributed by atoms with Crippen LogP contribution in [0.3, 0.4) is 0 Å². The summed E-state index contributed by atoms with van der Waals surface area (Å²) in [6.07, 6.45) is 0. The van der Waals surface area contributed by atoms with Crippen LogP contribution in [0.2, 0.25) is 0 Å². The van der Waals surface area contributed by atoms with Crippen LogP contribution in [0, 0.1) is 13.8 Å². The minimum Gasteiger partial charge on any atom is -0.492 e. The predicted molar refractivity (Wildman–Crippen MR) is 115 cm³/mol. The van der Waals surface area contributed by atoms with Crippen molar-refractivity contribution >= 4 is 11.9 Å². The van der Waals surface area contributed by atoms with Gasteiger partial charge in [0.1, 0.15) is 12.4 Å². The van der Waals surface area contributed by atoms with Gasteiger partial charge in [-0.15, -0.1) is 0 Å². The van der Waals surface area contributed by atoms with Gasteiger partial charge in [-0.25, -0.2) is 4.79 Å². The molecule has 0 spiro atoms. The van der Waals surface area contributed by atoms with Gasteiger partial charge in [-0.2, -0.15) is 0 Å². The van der Waals surface area contributed by atoms with E-state index >= 15 is 0 Å². The van der Waals surface area contributed by atoms with Gasteiger partial charge in [0.05, 0.1) is 6.54 Å². The van der Waals surface area contributed by atoms with Crippen LogP contribution < -0.4 is 10.1 Å². The summed E-state index contributed by atoms with van der Waals surface area (Å²) >= 11 is 0. The van der Waals surface area contributed by atoms with E-state index in [-0.39, 0.29) is 19.1 Å². The molecule has 0 radical (unpaired) electrons. The van der Waals surface area contributed by atoms with E-state index in [2.05, 4.69) is 11.4 Å². The number of carbonyl (C=O) groups is 2. The van der Waals surface area contributed by atoms with Gasteiger partial charge in [0.25, 0.3) is 5.91 Å². The minimum absolute atomic E-state index is 0.166. The Morgan fingerprint density at radius 1 is 0.833 bits per heavy atom. The molecule has 3 aromatic carbocycles. The number of hydrogen-bond donors (Lipinski definition) is 1. The minimum atomic E-state index is -1.24. The molecule has 1 aliphatic heterocycles. The lowest BCUT2D eigenvalue weighted by molar-refractivity contribution is -0.130. The Morgan fingerprint density at radius 3 is 1.90 bits per heavy atom. The molecule has 4 rings (SSSR count). The topological polar surface area (TPSA) is 58.6 Å². The van der Waals surface area contributed by atoms with Gasteiger partial charge in [-0.1, -0.05) is 66.7 Å². The summed E-state index contributed by atoms with van der Waals surface area (Å²) < 4.78 is 5.83. The lowest BCUT2D eigenvalue weighted by Crippen LogP contribution is -2.45. The van der Waals surface area contributed by atoms with Crippen molar-refractivity contribution in [3.05, 3.63) is 101 Å². The molecule has 3 aromatic rings. The van der Waals surface area contributed by atoms with Gasteiger partial charge in [0.2, 0.25) is 0 Å². The van der Waals surface area contributed by atoms with Crippen LogP contribution >= 0.6 is 0 Å². The number of carbonyl (C=O) groups excluding carboxylic acids is 2. The third kappa shape index (κ3) is 3.54. The highest BCUT2D eigenvalue weighted by Crippen LogP contribution is 2.35. The highest BCUT2D eigenvalue weighted by molar-refractivity contribution is 6.09. The maximum absolute atomic E-state index is 13.6. The van der Waals surface area contributed by atoms with Crippen LogP contribution in [0.25, 0.3) is 0 Å². The quantitative estimate of drug-likeness (QED) is 0.632. The number of urea groups is 1. The molecule has 3 amide bonds. The molecule has 5 nitrogen and oxygen atoms in total. The predicted octanol–water partition coefficient (Wildman–Crippen LogP) is 4.18. The Morgan fingerprint density at radius 2 is 1.37 bits per heavy atom. The molecular weight excluding hydrogens is 376 g/mol. The van der Waals surface area contributed by atoms with Crippen LogP contribution in [0.5, 0.6) is 5.75 Å². The summed E-state index contributed by atoms with van der Waals surface area (Å²) in [5, 5.41) is 2.95. The fraction of sp³-hybridized carbons (Fsp3) is 0.200. The van der Waals surface area contributed by atoms with Crippen LogP contribution in [-0.2, 0) is 10.3 Å². The van der Waals surface area contributed by atoms with Gasteiger partial charge in [-0.05, 0) is 48.2 Å². The van der Waals surface area contributed by atoms with Crippen molar-refractivity contribution in [2.45, 2.75) is 19.4 Å². The average molecular weight is 400 g/mol. The first kappa shape index (κ1) is 19.7. The van der Waals surface area contributed by atoms with Crippen molar-refractivity contribution in [2.75, 3.05) is 13.2 Å². The fourth-order valence-corrected chi connectivity index (χ4v) is 3.98. The number of rotatable bonds is 6. The standard InChI is InChI=1S/C25H24N2O3/c1-18-15-19(2)17-22(16-18)30-14-13-27-23(28)25(26-24(27)29,20-9-5-3-6-10-20)21-11-7-4-8-12-21/h3-12,15-17H,13-14H2,1-2H3,(H,26,29). The van der Waals surface area contributed by atoms with E-state index in [0.29, 0.717) is 0 Å². The first-order chi connectivity index (χ1) is 14.5. The highest BCUT2D eigenvalue weighted by atomic mass is 16.5. The van der Waals surface area contributed by atoms with E-state index < -0.39 is 11.6 Å². The second kappa shape index (κ2) is 8.03. The van der Waals surface area contributed by atoms with E-state index in [1.807, 2.05) is 86.6 Å². The Labute approximate surface area is 176 Å². The molecular formula is C25H24N2O3. The molecule has 0 saturated carbocycles. The number of aryl methyl sites for hydroxylation is 2. The molecule has 0 bridgehead atoms. The van der Waals surface area contributed by atoms with E-state index in [1.165, 1.54) is 4.90 Å². The monoisotopic (exact) mass is 400 g/mol. The zero-order valence-electron chi connectivity index (χ0n) is 17.1. The zero-order chi connectivity index (χ0) is 21.1. The summed E-state index contributed by atoms with van der Waals surface area (Å²) in [4.78, 5) is 27.7. The molecule has 0 aromatic heterocycles. The first-order valence-corrected chi connectivity index (χ1v) is 9.97. The molecule has 1 heterocycles. The molecule has 0 unspecified atom stereocenters. The lowest BCUT2D eigenvalue weighted by Gasteiger charge is -2.28. The number of ether oxygens (including phenoxy) is 1. The summed E-state index contributed by atoms with van der Waals surface area (Å²) in [5.41, 5.74) is 2.43. The van der Waals surface area contributed by atoms with E-state index in [1.54, 1.807) is 0 Å².